The summed E-state index contributed by atoms with van der Waals surface area (Å²) in [5.41, 5.74) is 0. The van der Waals surface area contributed by atoms with Gasteiger partial charge < -0.3 is 0 Å². The molecule has 2 heteroatoms. The zero-order valence-corrected chi connectivity index (χ0v) is 12.0. The number of hydrogen-bond donors (Lipinski definition) is 0. The van der Waals surface area contributed by atoms with Crippen molar-refractivity contribution in [2.75, 3.05) is 10.7 Å². The lowest BCUT2D eigenvalue weighted by Crippen LogP contribution is -2.01. The molecule has 80 valence electrons. The first kappa shape index (κ1) is 14.0. The number of hydrogen-bond acceptors (Lipinski definition) is 0. The van der Waals surface area contributed by atoms with Crippen LogP contribution in [0.5, 0.6) is 0 Å². The molecule has 0 nitrogen and oxygen atoms in total. The summed E-state index contributed by atoms with van der Waals surface area (Å²) in [5.74, 6) is 1.81. The summed E-state index contributed by atoms with van der Waals surface area (Å²) in [7, 11) is 0. The van der Waals surface area contributed by atoms with E-state index in [2.05, 4.69) is 45.7 Å². The molecule has 2 atom stereocenters. The van der Waals surface area contributed by atoms with Gasteiger partial charge in [0.1, 0.15) is 0 Å². The SMILES string of the molecule is CC(CCBr)CCC(C)CCCBr. The molecular formula is C11H22Br2. The topological polar surface area (TPSA) is 0 Å². The first-order chi connectivity index (χ1) is 6.20. The van der Waals surface area contributed by atoms with E-state index >= 15 is 0 Å². The van der Waals surface area contributed by atoms with Gasteiger partial charge in [0.2, 0.25) is 0 Å². The van der Waals surface area contributed by atoms with Crippen LogP contribution in [-0.2, 0) is 0 Å². The van der Waals surface area contributed by atoms with Crippen molar-refractivity contribution in [2.24, 2.45) is 11.8 Å². The minimum absolute atomic E-state index is 0.894. The Hall–Kier alpha value is 0.960. The molecule has 0 amide bonds. The van der Waals surface area contributed by atoms with E-state index in [0.29, 0.717) is 0 Å². The molecular weight excluding hydrogens is 292 g/mol. The quantitative estimate of drug-likeness (QED) is 0.553. The monoisotopic (exact) mass is 312 g/mol. The molecule has 0 fully saturated rings. The second-order valence-electron chi connectivity index (χ2n) is 4.10. The van der Waals surface area contributed by atoms with Crippen LogP contribution >= 0.6 is 31.9 Å². The molecule has 0 saturated heterocycles. The van der Waals surface area contributed by atoms with E-state index in [1.54, 1.807) is 0 Å². The highest BCUT2D eigenvalue weighted by molar-refractivity contribution is 9.09. The van der Waals surface area contributed by atoms with Crippen molar-refractivity contribution < 1.29 is 0 Å². The van der Waals surface area contributed by atoms with E-state index in [1.807, 2.05) is 0 Å². The zero-order chi connectivity index (χ0) is 10.1. The van der Waals surface area contributed by atoms with Gasteiger partial charge in [-0.05, 0) is 31.1 Å². The molecule has 0 aromatic rings. The predicted octanol–water partition coefficient (Wildman–Crippen LogP) is 5.00. The van der Waals surface area contributed by atoms with Crippen LogP contribution < -0.4 is 0 Å². The Morgan fingerprint density at radius 1 is 0.769 bits per heavy atom. The van der Waals surface area contributed by atoms with Gasteiger partial charge in [0.05, 0.1) is 0 Å². The molecule has 0 aliphatic carbocycles. The minimum atomic E-state index is 0.894. The molecule has 0 aliphatic rings. The van der Waals surface area contributed by atoms with Crippen LogP contribution in [-0.4, -0.2) is 10.7 Å². The summed E-state index contributed by atoms with van der Waals surface area (Å²) in [6.45, 7) is 4.74. The average molecular weight is 314 g/mol. The number of halogens is 2. The highest BCUT2D eigenvalue weighted by Gasteiger charge is 2.05. The van der Waals surface area contributed by atoms with Crippen molar-refractivity contribution in [1.29, 1.82) is 0 Å². The number of alkyl halides is 2. The highest BCUT2D eigenvalue weighted by Crippen LogP contribution is 2.19. The van der Waals surface area contributed by atoms with E-state index in [9.17, 15) is 0 Å². The van der Waals surface area contributed by atoms with Crippen LogP contribution in [0.3, 0.4) is 0 Å². The first-order valence-electron chi connectivity index (χ1n) is 5.32. The van der Waals surface area contributed by atoms with Gasteiger partial charge in [-0.15, -0.1) is 0 Å². The minimum Gasteiger partial charge on any atom is -0.0928 e. The largest absolute Gasteiger partial charge is 0.0928 e. The fraction of sp³-hybridized carbons (Fsp3) is 1.00. The van der Waals surface area contributed by atoms with Gasteiger partial charge in [0, 0.05) is 10.7 Å². The van der Waals surface area contributed by atoms with Crippen LogP contribution in [0, 0.1) is 11.8 Å². The fourth-order valence-electron chi connectivity index (χ4n) is 1.47. The summed E-state index contributed by atoms with van der Waals surface area (Å²) < 4.78 is 0. The second kappa shape index (κ2) is 9.51. The van der Waals surface area contributed by atoms with E-state index in [0.717, 1.165) is 22.5 Å². The summed E-state index contributed by atoms with van der Waals surface area (Å²) >= 11 is 6.97. The molecule has 0 N–H and O–H groups in total. The molecule has 0 aromatic heterocycles. The first-order valence-corrected chi connectivity index (χ1v) is 7.57. The van der Waals surface area contributed by atoms with Crippen molar-refractivity contribution in [3.8, 4) is 0 Å². The Bertz CT molecular complexity index is 104. The molecule has 0 aliphatic heterocycles. The Kier molecular flexibility index (Phi) is 10.2. The predicted molar refractivity (Wildman–Crippen MR) is 69.0 cm³/mol. The van der Waals surface area contributed by atoms with Gasteiger partial charge in [-0.2, -0.15) is 0 Å². The van der Waals surface area contributed by atoms with Crippen LogP contribution in [0.25, 0.3) is 0 Å². The standard InChI is InChI=1S/C11H22Br2/c1-10(4-3-8-12)5-6-11(2)7-9-13/h10-11H,3-9H2,1-2H3. The molecule has 0 saturated carbocycles. The molecule has 13 heavy (non-hydrogen) atoms. The van der Waals surface area contributed by atoms with Gasteiger partial charge in [0.25, 0.3) is 0 Å². The molecule has 0 radical (unpaired) electrons. The van der Waals surface area contributed by atoms with Crippen molar-refractivity contribution in [3.63, 3.8) is 0 Å². The van der Waals surface area contributed by atoms with Crippen molar-refractivity contribution in [2.45, 2.75) is 46.0 Å². The molecule has 0 spiro atoms. The normalized spacial score (nSPS) is 15.7. The lowest BCUT2D eigenvalue weighted by molar-refractivity contribution is 0.406. The van der Waals surface area contributed by atoms with Crippen molar-refractivity contribution >= 4 is 31.9 Å². The molecule has 0 heterocycles. The van der Waals surface area contributed by atoms with E-state index in [1.165, 1.54) is 32.1 Å². The van der Waals surface area contributed by atoms with Crippen molar-refractivity contribution in [1.82, 2.24) is 0 Å². The van der Waals surface area contributed by atoms with Gasteiger partial charge in [0.15, 0.2) is 0 Å². The maximum absolute atomic E-state index is 3.49. The smallest absolute Gasteiger partial charge is 0.00338 e. The number of rotatable bonds is 8. The van der Waals surface area contributed by atoms with Gasteiger partial charge in [-0.1, -0.05) is 58.5 Å². The third kappa shape index (κ3) is 9.27. The van der Waals surface area contributed by atoms with E-state index in [4.69, 9.17) is 0 Å². The third-order valence-electron chi connectivity index (χ3n) is 2.58. The summed E-state index contributed by atoms with van der Waals surface area (Å²) in [4.78, 5) is 0. The Balaban J connectivity index is 3.29. The lowest BCUT2D eigenvalue weighted by Gasteiger charge is -2.14. The Morgan fingerprint density at radius 3 is 1.77 bits per heavy atom. The molecule has 0 rings (SSSR count). The summed E-state index contributed by atoms with van der Waals surface area (Å²) in [6.07, 6.45) is 6.83. The molecule has 0 bridgehead atoms. The van der Waals surface area contributed by atoms with Gasteiger partial charge in [-0.3, -0.25) is 0 Å². The maximum Gasteiger partial charge on any atom is 0.00338 e. The second-order valence-corrected chi connectivity index (χ2v) is 5.68. The van der Waals surface area contributed by atoms with Crippen LogP contribution in [0.2, 0.25) is 0 Å². The summed E-state index contributed by atoms with van der Waals surface area (Å²) in [6, 6.07) is 0. The van der Waals surface area contributed by atoms with Crippen LogP contribution in [0.1, 0.15) is 46.0 Å². The van der Waals surface area contributed by atoms with Crippen molar-refractivity contribution in [3.05, 3.63) is 0 Å². The van der Waals surface area contributed by atoms with Crippen LogP contribution in [0.4, 0.5) is 0 Å². The summed E-state index contributed by atoms with van der Waals surface area (Å²) in [5, 5.41) is 2.32. The molecule has 0 aromatic carbocycles. The van der Waals surface area contributed by atoms with Gasteiger partial charge in [-0.25, -0.2) is 0 Å². The average Bonchev–Trinajstić information content (AvgIpc) is 2.12. The Labute approximate surface area is 100 Å². The molecule has 2 unspecified atom stereocenters. The van der Waals surface area contributed by atoms with E-state index < -0.39 is 0 Å². The maximum atomic E-state index is 3.49. The third-order valence-corrected chi connectivity index (χ3v) is 3.60. The Morgan fingerprint density at radius 2 is 1.31 bits per heavy atom. The lowest BCUT2D eigenvalue weighted by atomic mass is 9.94. The van der Waals surface area contributed by atoms with E-state index in [-0.39, 0.29) is 0 Å². The van der Waals surface area contributed by atoms with Crippen LogP contribution in [0.15, 0.2) is 0 Å². The highest BCUT2D eigenvalue weighted by atomic mass is 79.9. The zero-order valence-electron chi connectivity index (χ0n) is 8.86. The van der Waals surface area contributed by atoms with Gasteiger partial charge >= 0.3 is 0 Å². The fourth-order valence-corrected chi connectivity index (χ4v) is 2.57.